The Hall–Kier alpha value is -2.04. The van der Waals surface area contributed by atoms with E-state index in [1.807, 2.05) is 48.5 Å². The standard InChI is InChI=1S/C10H8N2.C8H6N2.Y/c1-3-7-11-9(5-1)10-6-2-4-8-12-10;1-2-9-7-8-5-3-4-6-10-8;/h1-8H;1-6H;/q;-2;. The fourth-order valence-corrected chi connectivity index (χ4v) is 1.56. The van der Waals surface area contributed by atoms with Crippen molar-refractivity contribution in [2.75, 3.05) is 0 Å². The quantitative estimate of drug-likeness (QED) is 0.520. The molecule has 3 aromatic heterocycles. The maximum atomic E-state index is 4.99. The minimum Gasteiger partial charge on any atom is -0.566 e. The number of hydrogen-bond donors (Lipinski definition) is 0. The Balaban J connectivity index is 0.000000224. The summed E-state index contributed by atoms with van der Waals surface area (Å²) in [4.78, 5) is 15.9. The van der Waals surface area contributed by atoms with E-state index in [0.29, 0.717) is 5.69 Å². The van der Waals surface area contributed by atoms with Crippen LogP contribution in [0.1, 0.15) is 5.69 Å². The molecule has 0 atom stereocenters. The van der Waals surface area contributed by atoms with Crippen LogP contribution >= 0.6 is 0 Å². The third-order valence-corrected chi connectivity index (χ3v) is 2.51. The average molecular weight is 375 g/mol. The van der Waals surface area contributed by atoms with Gasteiger partial charge in [0, 0.05) is 51.3 Å². The van der Waals surface area contributed by atoms with Gasteiger partial charge in [-0.05, 0) is 30.0 Å². The first kappa shape index (κ1) is 19.0. The normalized spacial score (nSPS) is 9.39. The SMILES string of the molecule is [CH-]=CN=[C-]c1ccccn1.[Y].c1ccc(-c2ccccn2)nc1. The predicted octanol–water partition coefficient (Wildman–Crippen LogP) is 3.47. The zero-order valence-corrected chi connectivity index (χ0v) is 15.3. The summed E-state index contributed by atoms with van der Waals surface area (Å²) in [6.45, 7) is 4.99. The molecule has 0 aliphatic rings. The van der Waals surface area contributed by atoms with Crippen molar-refractivity contribution in [3.05, 3.63) is 91.7 Å². The largest absolute Gasteiger partial charge is 0.566 e. The monoisotopic (exact) mass is 375 g/mol. The molecule has 0 fully saturated rings. The van der Waals surface area contributed by atoms with Crippen LogP contribution in [-0.2, 0) is 32.7 Å². The van der Waals surface area contributed by atoms with Crippen LogP contribution in [0.5, 0.6) is 0 Å². The summed E-state index contributed by atoms with van der Waals surface area (Å²) in [6, 6.07) is 17.1. The van der Waals surface area contributed by atoms with Gasteiger partial charge < -0.3 is 11.6 Å². The second-order valence-electron chi connectivity index (χ2n) is 4.03. The summed E-state index contributed by atoms with van der Waals surface area (Å²) in [6.07, 6.45) is 9.01. The van der Waals surface area contributed by atoms with Crippen LogP contribution in [0.15, 0.2) is 84.4 Å². The Morgan fingerprint density at radius 2 is 1.30 bits per heavy atom. The number of aromatic nitrogens is 3. The van der Waals surface area contributed by atoms with Crippen molar-refractivity contribution in [2.24, 2.45) is 4.99 Å². The molecular formula is C18H14N4Y-2. The molecule has 1 radical (unpaired) electrons. The first-order valence-electron chi connectivity index (χ1n) is 6.63. The van der Waals surface area contributed by atoms with Crippen LogP contribution in [0, 0.1) is 6.58 Å². The zero-order valence-electron chi connectivity index (χ0n) is 12.4. The van der Waals surface area contributed by atoms with Crippen LogP contribution in [0.25, 0.3) is 11.4 Å². The molecule has 5 heteroatoms. The fourth-order valence-electron chi connectivity index (χ4n) is 1.56. The van der Waals surface area contributed by atoms with Crippen LogP contribution in [0.2, 0.25) is 0 Å². The van der Waals surface area contributed by atoms with Crippen LogP contribution < -0.4 is 0 Å². The summed E-state index contributed by atoms with van der Waals surface area (Å²) in [5.74, 6) is 0. The summed E-state index contributed by atoms with van der Waals surface area (Å²) >= 11 is 0. The van der Waals surface area contributed by atoms with E-state index in [1.165, 1.54) is 6.20 Å². The molecule has 0 spiro atoms. The van der Waals surface area contributed by atoms with E-state index in [1.54, 1.807) is 24.7 Å². The van der Waals surface area contributed by atoms with E-state index >= 15 is 0 Å². The molecule has 3 heterocycles. The van der Waals surface area contributed by atoms with Gasteiger partial charge in [0.25, 0.3) is 0 Å². The number of nitrogens with zero attached hydrogens (tertiary/aromatic N) is 4. The molecule has 4 nitrogen and oxygen atoms in total. The number of rotatable bonds is 3. The number of hydrogen-bond acceptors (Lipinski definition) is 4. The maximum Gasteiger partial charge on any atom is 0.0886 e. The molecule has 0 aromatic carbocycles. The number of aliphatic imine (C=N–C) groups is 1. The molecule has 0 N–H and O–H groups in total. The van der Waals surface area contributed by atoms with Gasteiger partial charge in [-0.15, -0.1) is 12.1 Å². The minimum absolute atomic E-state index is 0. The Bertz CT molecular complexity index is 663. The Morgan fingerprint density at radius 3 is 1.70 bits per heavy atom. The second kappa shape index (κ2) is 11.5. The van der Waals surface area contributed by atoms with Crippen molar-refractivity contribution in [2.45, 2.75) is 0 Å². The van der Waals surface area contributed by atoms with Gasteiger partial charge in [0.15, 0.2) is 0 Å². The second-order valence-corrected chi connectivity index (χ2v) is 4.03. The predicted molar refractivity (Wildman–Crippen MR) is 87.1 cm³/mol. The van der Waals surface area contributed by atoms with Crippen LogP contribution in [-0.4, -0.2) is 21.2 Å². The third kappa shape index (κ3) is 7.18. The summed E-state index contributed by atoms with van der Waals surface area (Å²) in [7, 11) is 0. The molecule has 0 amide bonds. The van der Waals surface area contributed by atoms with Gasteiger partial charge in [-0.25, -0.2) is 0 Å². The molecule has 0 aliphatic heterocycles. The van der Waals surface area contributed by atoms with Gasteiger partial charge in [-0.3, -0.25) is 21.2 Å². The maximum absolute atomic E-state index is 4.99. The van der Waals surface area contributed by atoms with E-state index in [-0.39, 0.29) is 32.7 Å². The average Bonchev–Trinajstić information content (AvgIpc) is 2.63. The van der Waals surface area contributed by atoms with E-state index in [2.05, 4.69) is 26.2 Å². The van der Waals surface area contributed by atoms with Crippen molar-refractivity contribution in [3.63, 3.8) is 0 Å². The minimum atomic E-state index is 0. The summed E-state index contributed by atoms with van der Waals surface area (Å²) in [5.41, 5.74) is 2.51. The van der Waals surface area contributed by atoms with Gasteiger partial charge in [-0.2, -0.15) is 0 Å². The van der Waals surface area contributed by atoms with Gasteiger partial charge in [0.1, 0.15) is 0 Å². The van der Waals surface area contributed by atoms with Crippen molar-refractivity contribution in [3.8, 4) is 11.4 Å². The molecule has 111 valence electrons. The molecule has 3 aromatic rings. The molecule has 0 unspecified atom stereocenters. The number of pyridine rings is 3. The fraction of sp³-hybridized carbons (Fsp3) is 0. The van der Waals surface area contributed by atoms with Crippen molar-refractivity contribution < 1.29 is 32.7 Å². The van der Waals surface area contributed by atoms with Crippen LogP contribution in [0.4, 0.5) is 0 Å². The first-order valence-corrected chi connectivity index (χ1v) is 6.63. The molecule has 0 saturated carbocycles. The van der Waals surface area contributed by atoms with Gasteiger partial charge in [-0.1, -0.05) is 24.4 Å². The van der Waals surface area contributed by atoms with Crippen molar-refractivity contribution in [1.82, 2.24) is 15.0 Å². The first-order chi connectivity index (χ1) is 10.9. The van der Waals surface area contributed by atoms with Gasteiger partial charge >= 0.3 is 0 Å². The van der Waals surface area contributed by atoms with Crippen molar-refractivity contribution >= 4 is 6.21 Å². The Labute approximate surface area is 161 Å². The van der Waals surface area contributed by atoms with E-state index in [9.17, 15) is 0 Å². The van der Waals surface area contributed by atoms with Crippen molar-refractivity contribution in [1.29, 1.82) is 0 Å². The molecule has 3 rings (SSSR count). The summed E-state index contributed by atoms with van der Waals surface area (Å²) in [5, 5.41) is 0. The molecule has 0 saturated heterocycles. The van der Waals surface area contributed by atoms with Gasteiger partial charge in [0.2, 0.25) is 0 Å². The van der Waals surface area contributed by atoms with Gasteiger partial charge in [0.05, 0.1) is 11.4 Å². The van der Waals surface area contributed by atoms with E-state index in [4.69, 9.17) is 6.58 Å². The Kier molecular flexibility index (Phi) is 9.52. The molecule has 0 bridgehead atoms. The third-order valence-electron chi connectivity index (χ3n) is 2.51. The van der Waals surface area contributed by atoms with E-state index in [0.717, 1.165) is 11.4 Å². The summed E-state index contributed by atoms with van der Waals surface area (Å²) < 4.78 is 0. The Morgan fingerprint density at radius 1 is 0.783 bits per heavy atom. The zero-order chi connectivity index (χ0) is 15.5. The topological polar surface area (TPSA) is 51.0 Å². The smallest absolute Gasteiger partial charge is 0.0886 e. The molecular weight excluding hydrogens is 361 g/mol. The molecule has 0 aliphatic carbocycles. The van der Waals surface area contributed by atoms with Crippen LogP contribution in [0.3, 0.4) is 0 Å². The van der Waals surface area contributed by atoms with E-state index < -0.39 is 0 Å². The molecule has 23 heavy (non-hydrogen) atoms.